The van der Waals surface area contributed by atoms with Gasteiger partial charge in [0.05, 0.1) is 17.7 Å². The van der Waals surface area contributed by atoms with Crippen LogP contribution in [0.5, 0.6) is 5.75 Å². The summed E-state index contributed by atoms with van der Waals surface area (Å²) in [6, 6.07) is 18.6. The zero-order valence-corrected chi connectivity index (χ0v) is 20.8. The molecule has 0 saturated carbocycles. The van der Waals surface area contributed by atoms with E-state index in [0.29, 0.717) is 17.7 Å². The Morgan fingerprint density at radius 1 is 0.861 bits per heavy atom. The maximum Gasteiger partial charge on any atom is 0.119 e. The molecule has 36 heavy (non-hydrogen) atoms. The molecule has 3 heteroatoms. The number of allylic oxidation sites excluding steroid dienone is 2. The van der Waals surface area contributed by atoms with Crippen molar-refractivity contribution in [1.82, 2.24) is 0 Å². The van der Waals surface area contributed by atoms with Crippen molar-refractivity contribution in [2.75, 3.05) is 6.61 Å². The largest absolute Gasteiger partial charge is 0.494 e. The summed E-state index contributed by atoms with van der Waals surface area (Å²) >= 11 is 0. The van der Waals surface area contributed by atoms with Gasteiger partial charge in [0, 0.05) is 10.8 Å². The van der Waals surface area contributed by atoms with Gasteiger partial charge < -0.3 is 4.74 Å². The van der Waals surface area contributed by atoms with Crippen LogP contribution in [0.4, 0.5) is 0 Å². The standard InChI is InChI=1S/C33H30N2O/c1-4-7-9-10-11-19-36-25-15-18-27-24(20-25)14-17-29-31(22-35)30(21-34)28-16-13-23(6-3)26(12-8-5-2)32(28)33(27)29/h4,6,8,12-18,20H,1,3,5,7,9-11,19H2,2H3/b12-8-. The van der Waals surface area contributed by atoms with Crippen molar-refractivity contribution in [1.29, 1.82) is 10.5 Å². The minimum atomic E-state index is 0.414. The number of nitriles is 2. The van der Waals surface area contributed by atoms with Gasteiger partial charge in [-0.25, -0.2) is 0 Å². The van der Waals surface area contributed by atoms with Crippen LogP contribution < -0.4 is 4.74 Å². The first-order chi connectivity index (χ1) is 17.7. The van der Waals surface area contributed by atoms with E-state index in [1.807, 2.05) is 42.5 Å². The highest BCUT2D eigenvalue weighted by Crippen LogP contribution is 2.41. The molecule has 4 aromatic rings. The number of rotatable bonds is 10. The van der Waals surface area contributed by atoms with E-state index >= 15 is 0 Å². The van der Waals surface area contributed by atoms with Crippen molar-refractivity contribution in [3.63, 3.8) is 0 Å². The Bertz CT molecular complexity index is 1580. The Balaban J connectivity index is 1.96. The highest BCUT2D eigenvalue weighted by atomic mass is 16.5. The Hall–Kier alpha value is -4.34. The Morgan fingerprint density at radius 3 is 2.28 bits per heavy atom. The van der Waals surface area contributed by atoms with Gasteiger partial charge in [0.2, 0.25) is 0 Å². The molecule has 4 rings (SSSR count). The Labute approximate surface area is 213 Å². The van der Waals surface area contributed by atoms with Crippen LogP contribution in [0.25, 0.3) is 44.5 Å². The summed E-state index contributed by atoms with van der Waals surface area (Å²) in [5.41, 5.74) is 2.84. The van der Waals surface area contributed by atoms with Gasteiger partial charge in [0.15, 0.2) is 0 Å². The first-order valence-electron chi connectivity index (χ1n) is 12.5. The van der Waals surface area contributed by atoms with Crippen molar-refractivity contribution in [3.05, 3.63) is 90.0 Å². The summed E-state index contributed by atoms with van der Waals surface area (Å²) in [6.45, 7) is 10.6. The molecular formula is C33H30N2O. The minimum absolute atomic E-state index is 0.414. The topological polar surface area (TPSA) is 56.8 Å². The van der Waals surface area contributed by atoms with E-state index in [9.17, 15) is 10.5 Å². The second-order valence-corrected chi connectivity index (χ2v) is 8.84. The van der Waals surface area contributed by atoms with Crippen molar-refractivity contribution in [3.8, 4) is 17.9 Å². The van der Waals surface area contributed by atoms with Gasteiger partial charge in [-0.3, -0.25) is 0 Å². The van der Waals surface area contributed by atoms with Crippen LogP contribution in [-0.4, -0.2) is 6.61 Å². The molecule has 0 radical (unpaired) electrons. The summed E-state index contributed by atoms with van der Waals surface area (Å²) in [6.07, 6.45) is 13.2. The lowest BCUT2D eigenvalue weighted by atomic mass is 9.86. The third-order valence-electron chi connectivity index (χ3n) is 6.59. The van der Waals surface area contributed by atoms with Crippen LogP contribution in [0.3, 0.4) is 0 Å². The molecule has 0 fully saturated rings. The molecule has 0 unspecified atom stereocenters. The van der Waals surface area contributed by atoms with Gasteiger partial charge >= 0.3 is 0 Å². The summed E-state index contributed by atoms with van der Waals surface area (Å²) in [5.74, 6) is 0.835. The van der Waals surface area contributed by atoms with Gasteiger partial charge in [-0.1, -0.05) is 68.1 Å². The molecule has 0 saturated heterocycles. The lowest BCUT2D eigenvalue weighted by Crippen LogP contribution is -1.98. The number of hydrogen-bond acceptors (Lipinski definition) is 3. The van der Waals surface area contributed by atoms with Gasteiger partial charge in [0.1, 0.15) is 17.9 Å². The maximum atomic E-state index is 10.1. The molecular weight excluding hydrogens is 440 g/mol. The molecule has 0 spiro atoms. The number of ether oxygens (including phenoxy) is 1. The predicted octanol–water partition coefficient (Wildman–Crippen LogP) is 9.08. The molecule has 0 bridgehead atoms. The van der Waals surface area contributed by atoms with Gasteiger partial charge in [-0.05, 0) is 76.9 Å². The van der Waals surface area contributed by atoms with Crippen LogP contribution in [0.15, 0.2) is 67.8 Å². The summed E-state index contributed by atoms with van der Waals surface area (Å²) in [5, 5.41) is 25.7. The van der Waals surface area contributed by atoms with E-state index in [1.54, 1.807) is 0 Å². The Kier molecular flexibility index (Phi) is 7.84. The van der Waals surface area contributed by atoms with Gasteiger partial charge in [-0.2, -0.15) is 10.5 Å². The van der Waals surface area contributed by atoms with Crippen molar-refractivity contribution in [2.45, 2.75) is 39.0 Å². The highest BCUT2D eigenvalue weighted by molar-refractivity contribution is 6.25. The normalized spacial score (nSPS) is 11.1. The van der Waals surface area contributed by atoms with E-state index < -0.39 is 0 Å². The number of benzene rings is 4. The molecule has 0 aliphatic heterocycles. The van der Waals surface area contributed by atoms with Gasteiger partial charge in [0.25, 0.3) is 0 Å². The first kappa shape index (κ1) is 24.8. The molecule has 0 heterocycles. The number of fused-ring (bicyclic) bond motifs is 5. The van der Waals surface area contributed by atoms with E-state index in [2.05, 4.69) is 56.5 Å². The average Bonchev–Trinajstić information content (AvgIpc) is 2.91. The predicted molar refractivity (Wildman–Crippen MR) is 152 cm³/mol. The fraction of sp³-hybridized carbons (Fsp3) is 0.212. The summed E-state index contributed by atoms with van der Waals surface area (Å²) in [4.78, 5) is 0. The number of hydrogen-bond donors (Lipinski definition) is 0. The summed E-state index contributed by atoms with van der Waals surface area (Å²) < 4.78 is 6.04. The van der Waals surface area contributed by atoms with Crippen LogP contribution >= 0.6 is 0 Å². The fourth-order valence-corrected chi connectivity index (χ4v) is 4.84. The molecule has 0 aromatic heterocycles. The van der Waals surface area contributed by atoms with E-state index in [4.69, 9.17) is 4.74 Å². The van der Waals surface area contributed by atoms with Crippen molar-refractivity contribution < 1.29 is 4.74 Å². The third kappa shape index (κ3) is 4.61. The van der Waals surface area contributed by atoms with E-state index in [0.717, 1.165) is 81.3 Å². The van der Waals surface area contributed by atoms with Crippen LogP contribution in [-0.2, 0) is 0 Å². The molecule has 0 amide bonds. The Morgan fingerprint density at radius 2 is 1.58 bits per heavy atom. The molecule has 178 valence electrons. The van der Waals surface area contributed by atoms with E-state index in [1.165, 1.54) is 0 Å². The van der Waals surface area contributed by atoms with Gasteiger partial charge in [-0.15, -0.1) is 6.58 Å². The van der Waals surface area contributed by atoms with Crippen molar-refractivity contribution in [2.24, 2.45) is 0 Å². The molecule has 0 aliphatic carbocycles. The molecule has 0 atom stereocenters. The number of unbranched alkanes of at least 4 members (excludes halogenated alkanes) is 3. The number of nitrogens with zero attached hydrogens (tertiary/aromatic N) is 2. The first-order valence-corrected chi connectivity index (χ1v) is 12.5. The zero-order chi connectivity index (χ0) is 25.5. The van der Waals surface area contributed by atoms with E-state index in [-0.39, 0.29) is 0 Å². The third-order valence-corrected chi connectivity index (χ3v) is 6.59. The lowest BCUT2D eigenvalue weighted by molar-refractivity contribution is 0.306. The lowest BCUT2D eigenvalue weighted by Gasteiger charge is -2.16. The molecule has 4 aromatic carbocycles. The molecule has 0 N–H and O–H groups in total. The monoisotopic (exact) mass is 470 g/mol. The SMILES string of the molecule is C=CCCCCCOc1ccc2c(ccc3c(C#N)c(C#N)c4ccc(C=C)c(/C=C\CC)c4c32)c1. The van der Waals surface area contributed by atoms with Crippen LogP contribution in [0, 0.1) is 22.7 Å². The van der Waals surface area contributed by atoms with Crippen LogP contribution in [0.2, 0.25) is 0 Å². The fourth-order valence-electron chi connectivity index (χ4n) is 4.84. The van der Waals surface area contributed by atoms with Crippen LogP contribution in [0.1, 0.15) is 61.3 Å². The highest BCUT2D eigenvalue weighted by Gasteiger charge is 2.19. The average molecular weight is 471 g/mol. The summed E-state index contributed by atoms with van der Waals surface area (Å²) in [7, 11) is 0. The van der Waals surface area contributed by atoms with Crippen molar-refractivity contribution >= 4 is 44.5 Å². The maximum absolute atomic E-state index is 10.1. The smallest absolute Gasteiger partial charge is 0.119 e. The molecule has 3 nitrogen and oxygen atoms in total. The minimum Gasteiger partial charge on any atom is -0.494 e. The quantitative estimate of drug-likeness (QED) is 0.132. The second kappa shape index (κ2) is 11.4. The second-order valence-electron chi connectivity index (χ2n) is 8.84. The zero-order valence-electron chi connectivity index (χ0n) is 20.8. The molecule has 0 aliphatic rings.